The summed E-state index contributed by atoms with van der Waals surface area (Å²) in [6.07, 6.45) is 1.25. The minimum atomic E-state index is -0.0725. The van der Waals surface area contributed by atoms with Gasteiger partial charge in [0.25, 0.3) is 0 Å². The predicted molar refractivity (Wildman–Crippen MR) is 70.9 cm³/mol. The fraction of sp³-hybridized carbons (Fsp3) is 0.600. The molecule has 0 aromatic heterocycles. The number of nitrogens with one attached hydrogen (secondary N) is 1. The van der Waals surface area contributed by atoms with Gasteiger partial charge in [-0.15, -0.1) is 0 Å². The molecular formula is C15H21FN2. The monoisotopic (exact) mass is 248 g/mol. The van der Waals surface area contributed by atoms with Gasteiger partial charge in [0, 0.05) is 18.2 Å². The topological polar surface area (TPSA) is 15.3 Å². The molecule has 0 bridgehead atoms. The number of nitrogens with zero attached hydrogens (tertiary/aromatic N) is 1. The van der Waals surface area contributed by atoms with Gasteiger partial charge in [0.1, 0.15) is 5.82 Å². The maximum absolute atomic E-state index is 13.8. The van der Waals surface area contributed by atoms with E-state index in [-0.39, 0.29) is 11.9 Å². The van der Waals surface area contributed by atoms with Crippen LogP contribution in [0.3, 0.4) is 0 Å². The Morgan fingerprint density at radius 1 is 1.28 bits per heavy atom. The fourth-order valence-electron chi connectivity index (χ4n) is 3.43. The lowest BCUT2D eigenvalue weighted by atomic mass is 9.87. The van der Waals surface area contributed by atoms with Crippen LogP contribution in [0, 0.1) is 17.7 Å². The maximum atomic E-state index is 13.8. The smallest absolute Gasteiger partial charge is 0.127 e. The molecule has 1 aromatic rings. The Bertz CT molecular complexity index is 421. The summed E-state index contributed by atoms with van der Waals surface area (Å²) in [5.74, 6) is 1.53. The summed E-state index contributed by atoms with van der Waals surface area (Å²) in [4.78, 5) is 2.44. The van der Waals surface area contributed by atoms with Gasteiger partial charge in [-0.3, -0.25) is 4.90 Å². The second kappa shape index (κ2) is 4.98. The quantitative estimate of drug-likeness (QED) is 0.864. The minimum absolute atomic E-state index is 0.0725. The lowest BCUT2D eigenvalue weighted by molar-refractivity contribution is 0.109. The molecule has 0 spiro atoms. The molecule has 1 N–H and O–H groups in total. The molecule has 3 heteroatoms. The Labute approximate surface area is 108 Å². The Hall–Kier alpha value is -0.930. The van der Waals surface area contributed by atoms with Crippen LogP contribution >= 0.6 is 0 Å². The van der Waals surface area contributed by atoms with Crippen molar-refractivity contribution in [1.82, 2.24) is 10.2 Å². The van der Waals surface area contributed by atoms with E-state index in [0.29, 0.717) is 0 Å². The van der Waals surface area contributed by atoms with Crippen molar-refractivity contribution in [2.45, 2.75) is 19.4 Å². The summed E-state index contributed by atoms with van der Waals surface area (Å²) >= 11 is 0. The summed E-state index contributed by atoms with van der Waals surface area (Å²) in [6, 6.07) is 7.36. The third-order valence-electron chi connectivity index (χ3n) is 4.64. The highest BCUT2D eigenvalue weighted by atomic mass is 19.1. The highest BCUT2D eigenvalue weighted by Gasteiger charge is 2.34. The van der Waals surface area contributed by atoms with Gasteiger partial charge in [0.05, 0.1) is 0 Å². The number of piperidine rings is 1. The standard InChI is InChI=1S/C15H21FN2/c1-11(14-4-2-3-5-15(14)16)18-7-6-12-8-17-9-13(12)10-18/h2-5,11-13,17H,6-10H2,1H3. The van der Waals surface area contributed by atoms with Gasteiger partial charge in [-0.2, -0.15) is 0 Å². The first-order valence-corrected chi connectivity index (χ1v) is 6.95. The van der Waals surface area contributed by atoms with Crippen LogP contribution in [0.1, 0.15) is 24.9 Å². The number of rotatable bonds is 2. The molecule has 2 aliphatic rings. The number of halogens is 1. The van der Waals surface area contributed by atoms with Crippen LogP contribution in [0.4, 0.5) is 4.39 Å². The molecule has 18 heavy (non-hydrogen) atoms. The van der Waals surface area contributed by atoms with E-state index in [1.165, 1.54) is 13.0 Å². The van der Waals surface area contributed by atoms with Crippen LogP contribution < -0.4 is 5.32 Å². The average molecular weight is 248 g/mol. The molecule has 0 aliphatic carbocycles. The molecule has 3 rings (SSSR count). The van der Waals surface area contributed by atoms with Gasteiger partial charge in [-0.1, -0.05) is 18.2 Å². The number of likely N-dealkylation sites (tertiary alicyclic amines) is 1. The lowest BCUT2D eigenvalue weighted by Gasteiger charge is -2.38. The van der Waals surface area contributed by atoms with Gasteiger partial charge in [0.15, 0.2) is 0 Å². The van der Waals surface area contributed by atoms with Gasteiger partial charge in [0.2, 0.25) is 0 Å². The minimum Gasteiger partial charge on any atom is -0.316 e. The van der Waals surface area contributed by atoms with Crippen LogP contribution in [0.5, 0.6) is 0 Å². The van der Waals surface area contributed by atoms with E-state index in [9.17, 15) is 4.39 Å². The number of fused-ring (bicyclic) bond motifs is 1. The van der Waals surface area contributed by atoms with Crippen LogP contribution in [0.2, 0.25) is 0 Å². The third-order valence-corrected chi connectivity index (χ3v) is 4.64. The number of hydrogen-bond donors (Lipinski definition) is 1. The van der Waals surface area contributed by atoms with Crippen molar-refractivity contribution in [3.8, 4) is 0 Å². The summed E-state index contributed by atoms with van der Waals surface area (Å²) < 4.78 is 13.8. The van der Waals surface area contributed by atoms with Crippen molar-refractivity contribution in [2.75, 3.05) is 26.2 Å². The fourth-order valence-corrected chi connectivity index (χ4v) is 3.43. The molecule has 0 radical (unpaired) electrons. The van der Waals surface area contributed by atoms with Crippen molar-refractivity contribution in [2.24, 2.45) is 11.8 Å². The van der Waals surface area contributed by atoms with Crippen LogP contribution in [0.15, 0.2) is 24.3 Å². The summed E-state index contributed by atoms with van der Waals surface area (Å²) in [6.45, 7) is 6.63. The van der Waals surface area contributed by atoms with Gasteiger partial charge >= 0.3 is 0 Å². The van der Waals surface area contributed by atoms with E-state index < -0.39 is 0 Å². The maximum Gasteiger partial charge on any atom is 0.127 e. The highest BCUT2D eigenvalue weighted by Crippen LogP contribution is 2.32. The molecule has 0 amide bonds. The SMILES string of the molecule is CC(c1ccccc1F)N1CCC2CNCC2C1. The van der Waals surface area contributed by atoms with Crippen LogP contribution in [-0.4, -0.2) is 31.1 Å². The first-order chi connectivity index (χ1) is 8.75. The molecule has 2 heterocycles. The van der Waals surface area contributed by atoms with Crippen molar-refractivity contribution >= 4 is 0 Å². The van der Waals surface area contributed by atoms with Crippen LogP contribution in [-0.2, 0) is 0 Å². The lowest BCUT2D eigenvalue weighted by Crippen LogP contribution is -2.41. The molecule has 3 atom stereocenters. The first kappa shape index (κ1) is 12.1. The van der Waals surface area contributed by atoms with E-state index in [1.54, 1.807) is 12.1 Å². The van der Waals surface area contributed by atoms with E-state index in [4.69, 9.17) is 0 Å². The molecule has 1 aromatic carbocycles. The molecule has 2 fully saturated rings. The Morgan fingerprint density at radius 2 is 2.06 bits per heavy atom. The van der Waals surface area contributed by atoms with E-state index in [1.807, 2.05) is 12.1 Å². The Kier molecular flexibility index (Phi) is 3.35. The molecule has 0 saturated carbocycles. The molecular weight excluding hydrogens is 227 g/mol. The zero-order valence-electron chi connectivity index (χ0n) is 10.9. The molecule has 3 unspecified atom stereocenters. The van der Waals surface area contributed by atoms with Crippen molar-refractivity contribution in [3.05, 3.63) is 35.6 Å². The highest BCUT2D eigenvalue weighted by molar-refractivity contribution is 5.21. The van der Waals surface area contributed by atoms with Crippen molar-refractivity contribution in [1.29, 1.82) is 0 Å². The zero-order valence-corrected chi connectivity index (χ0v) is 10.9. The average Bonchev–Trinajstić information content (AvgIpc) is 2.85. The Morgan fingerprint density at radius 3 is 2.89 bits per heavy atom. The summed E-state index contributed by atoms with van der Waals surface area (Å²) in [5, 5.41) is 3.47. The van der Waals surface area contributed by atoms with Crippen molar-refractivity contribution in [3.63, 3.8) is 0 Å². The number of benzene rings is 1. The van der Waals surface area contributed by atoms with E-state index >= 15 is 0 Å². The first-order valence-electron chi connectivity index (χ1n) is 6.95. The van der Waals surface area contributed by atoms with E-state index in [0.717, 1.165) is 37.0 Å². The normalized spacial score (nSPS) is 30.1. The molecule has 2 nitrogen and oxygen atoms in total. The van der Waals surface area contributed by atoms with Gasteiger partial charge in [-0.25, -0.2) is 4.39 Å². The molecule has 2 saturated heterocycles. The van der Waals surface area contributed by atoms with Crippen molar-refractivity contribution < 1.29 is 4.39 Å². The third kappa shape index (κ3) is 2.17. The van der Waals surface area contributed by atoms with Gasteiger partial charge in [-0.05, 0) is 50.9 Å². The Balaban J connectivity index is 1.73. The predicted octanol–water partition coefficient (Wildman–Crippen LogP) is 2.43. The van der Waals surface area contributed by atoms with E-state index in [2.05, 4.69) is 17.1 Å². The summed E-state index contributed by atoms with van der Waals surface area (Å²) in [5.41, 5.74) is 0.835. The largest absolute Gasteiger partial charge is 0.316 e. The molecule has 98 valence electrons. The number of hydrogen-bond acceptors (Lipinski definition) is 2. The van der Waals surface area contributed by atoms with Gasteiger partial charge < -0.3 is 5.32 Å². The zero-order chi connectivity index (χ0) is 12.5. The summed E-state index contributed by atoms with van der Waals surface area (Å²) in [7, 11) is 0. The second-order valence-electron chi connectivity index (χ2n) is 5.66. The molecule has 2 aliphatic heterocycles. The second-order valence-corrected chi connectivity index (χ2v) is 5.66. The van der Waals surface area contributed by atoms with Crippen LogP contribution in [0.25, 0.3) is 0 Å².